The molecule has 1 aromatic rings. The molecular weight excluding hydrogens is 376 g/mol. The molecule has 0 bridgehead atoms. The van der Waals surface area contributed by atoms with Gasteiger partial charge in [-0.05, 0) is 56.2 Å². The van der Waals surface area contributed by atoms with Crippen molar-refractivity contribution in [3.05, 3.63) is 48.1 Å². The molecule has 166 valence electrons. The molecule has 0 fully saturated rings. The first-order valence-corrected chi connectivity index (χ1v) is 11.6. The van der Waals surface area contributed by atoms with Gasteiger partial charge in [0.2, 0.25) is 6.79 Å². The van der Waals surface area contributed by atoms with E-state index in [9.17, 15) is 4.79 Å². The van der Waals surface area contributed by atoms with Crippen molar-refractivity contribution < 1.29 is 19.0 Å². The lowest BCUT2D eigenvalue weighted by Crippen LogP contribution is -2.04. The largest absolute Gasteiger partial charge is 0.461 e. The van der Waals surface area contributed by atoms with E-state index in [1.807, 2.05) is 18.2 Å². The van der Waals surface area contributed by atoms with Crippen LogP contribution in [-0.2, 0) is 16.1 Å². The summed E-state index contributed by atoms with van der Waals surface area (Å²) in [5.41, 5.74) is 0.924. The van der Waals surface area contributed by atoms with Gasteiger partial charge < -0.3 is 14.2 Å². The topological polar surface area (TPSA) is 44.8 Å². The molecule has 1 aromatic carbocycles. The van der Waals surface area contributed by atoms with Crippen LogP contribution in [0.5, 0.6) is 11.5 Å². The lowest BCUT2D eigenvalue weighted by atomic mass is 10.1. The van der Waals surface area contributed by atoms with Crippen molar-refractivity contribution in [2.75, 3.05) is 6.79 Å². The number of rotatable bonds is 16. The Morgan fingerprint density at radius 2 is 1.60 bits per heavy atom. The fourth-order valence-electron chi connectivity index (χ4n) is 3.35. The summed E-state index contributed by atoms with van der Waals surface area (Å²) in [6.45, 7) is 2.78. The number of carbonyl (C=O) groups excluding carboxylic acids is 1. The van der Waals surface area contributed by atoms with Crippen LogP contribution in [0.4, 0.5) is 0 Å². The Labute approximate surface area is 182 Å². The minimum absolute atomic E-state index is 0.127. The van der Waals surface area contributed by atoms with Crippen LogP contribution in [0.2, 0.25) is 0 Å². The number of fused-ring (bicyclic) bond motifs is 1. The minimum Gasteiger partial charge on any atom is -0.461 e. The summed E-state index contributed by atoms with van der Waals surface area (Å²) >= 11 is 0. The van der Waals surface area contributed by atoms with Crippen molar-refractivity contribution in [1.82, 2.24) is 0 Å². The number of benzene rings is 1. The van der Waals surface area contributed by atoms with Gasteiger partial charge in [-0.1, -0.05) is 69.4 Å². The third-order valence-corrected chi connectivity index (χ3v) is 5.17. The lowest BCUT2D eigenvalue weighted by Gasteiger charge is -2.06. The lowest BCUT2D eigenvalue weighted by molar-refractivity contribution is -0.145. The summed E-state index contributed by atoms with van der Waals surface area (Å²) in [5, 5.41) is 0. The Morgan fingerprint density at radius 3 is 2.40 bits per heavy atom. The second kappa shape index (κ2) is 15.6. The molecule has 0 amide bonds. The van der Waals surface area contributed by atoms with Gasteiger partial charge in [0.25, 0.3) is 0 Å². The summed E-state index contributed by atoms with van der Waals surface area (Å²) in [4.78, 5) is 11.9. The Kier molecular flexibility index (Phi) is 12.5. The van der Waals surface area contributed by atoms with E-state index in [0.717, 1.165) is 42.7 Å². The molecule has 0 saturated heterocycles. The molecule has 2 rings (SSSR count). The van der Waals surface area contributed by atoms with Crippen LogP contribution in [-0.4, -0.2) is 12.8 Å². The van der Waals surface area contributed by atoms with E-state index in [-0.39, 0.29) is 19.4 Å². The molecule has 4 nitrogen and oxygen atoms in total. The Balaban J connectivity index is 1.39. The molecule has 4 heteroatoms. The highest BCUT2D eigenvalue weighted by atomic mass is 16.7. The minimum atomic E-state index is -0.127. The fourth-order valence-corrected chi connectivity index (χ4v) is 3.35. The number of hydrogen-bond acceptors (Lipinski definition) is 4. The van der Waals surface area contributed by atoms with E-state index in [1.165, 1.54) is 44.9 Å². The molecule has 0 saturated carbocycles. The quantitative estimate of drug-likeness (QED) is 0.162. The predicted molar refractivity (Wildman–Crippen MR) is 122 cm³/mol. The van der Waals surface area contributed by atoms with E-state index in [2.05, 4.69) is 31.2 Å². The first-order chi connectivity index (χ1) is 14.8. The number of carbonyl (C=O) groups is 1. The smallest absolute Gasteiger partial charge is 0.306 e. The van der Waals surface area contributed by atoms with Crippen molar-refractivity contribution in [3.8, 4) is 11.5 Å². The van der Waals surface area contributed by atoms with E-state index in [4.69, 9.17) is 14.2 Å². The molecule has 1 aliphatic heterocycles. The summed E-state index contributed by atoms with van der Waals surface area (Å²) in [7, 11) is 0. The first-order valence-electron chi connectivity index (χ1n) is 11.6. The molecule has 0 aliphatic carbocycles. The van der Waals surface area contributed by atoms with Gasteiger partial charge in [-0.3, -0.25) is 4.79 Å². The standard InChI is InChI=1S/C26H38O4/c1-2-3-4-5-6-7-8-9-10-11-12-13-14-15-16-17-26(27)28-21-23-18-19-24-25(20-23)30-22-29-24/h6-7,9-10,18-20H,2-5,8,11-17,21-22H2,1H3/b7-6-,10-9-. The third-order valence-electron chi connectivity index (χ3n) is 5.17. The van der Waals surface area contributed by atoms with Gasteiger partial charge in [-0.2, -0.15) is 0 Å². The highest BCUT2D eigenvalue weighted by Crippen LogP contribution is 2.32. The van der Waals surface area contributed by atoms with Crippen LogP contribution in [0.3, 0.4) is 0 Å². The van der Waals surface area contributed by atoms with Gasteiger partial charge in [0.05, 0.1) is 0 Å². The van der Waals surface area contributed by atoms with Crippen LogP contribution in [0.15, 0.2) is 42.5 Å². The van der Waals surface area contributed by atoms with Crippen LogP contribution in [0.1, 0.15) is 89.5 Å². The van der Waals surface area contributed by atoms with Crippen LogP contribution < -0.4 is 9.47 Å². The number of ether oxygens (including phenoxy) is 3. The average molecular weight is 415 g/mol. The van der Waals surface area contributed by atoms with Crippen LogP contribution >= 0.6 is 0 Å². The summed E-state index contributed by atoms with van der Waals surface area (Å²) in [5.74, 6) is 1.34. The van der Waals surface area contributed by atoms with E-state index >= 15 is 0 Å². The third kappa shape index (κ3) is 10.5. The Bertz CT molecular complexity index is 663. The molecule has 1 heterocycles. The molecule has 0 N–H and O–H groups in total. The van der Waals surface area contributed by atoms with Gasteiger partial charge in [0.15, 0.2) is 11.5 Å². The summed E-state index contributed by atoms with van der Waals surface area (Å²) in [6.07, 6.45) is 22.6. The van der Waals surface area contributed by atoms with Crippen molar-refractivity contribution >= 4 is 5.97 Å². The Hall–Kier alpha value is -2.23. The Morgan fingerprint density at radius 1 is 0.900 bits per heavy atom. The maximum Gasteiger partial charge on any atom is 0.306 e. The van der Waals surface area contributed by atoms with Gasteiger partial charge in [-0.15, -0.1) is 0 Å². The average Bonchev–Trinajstić information content (AvgIpc) is 3.23. The summed E-state index contributed by atoms with van der Waals surface area (Å²) < 4.78 is 16.0. The second-order valence-corrected chi connectivity index (χ2v) is 7.83. The first kappa shape index (κ1) is 24.0. The van der Waals surface area contributed by atoms with Gasteiger partial charge in [0.1, 0.15) is 6.61 Å². The molecule has 0 spiro atoms. The zero-order chi connectivity index (χ0) is 21.3. The zero-order valence-corrected chi connectivity index (χ0v) is 18.6. The van der Waals surface area contributed by atoms with Crippen molar-refractivity contribution in [3.63, 3.8) is 0 Å². The maximum atomic E-state index is 11.9. The van der Waals surface area contributed by atoms with Gasteiger partial charge in [0, 0.05) is 6.42 Å². The number of allylic oxidation sites excluding steroid dienone is 4. The second-order valence-electron chi connectivity index (χ2n) is 7.83. The monoisotopic (exact) mass is 414 g/mol. The summed E-state index contributed by atoms with van der Waals surface area (Å²) in [6, 6.07) is 5.62. The van der Waals surface area contributed by atoms with Crippen LogP contribution in [0.25, 0.3) is 0 Å². The van der Waals surface area contributed by atoms with Gasteiger partial charge in [-0.25, -0.2) is 0 Å². The van der Waals surface area contributed by atoms with Gasteiger partial charge >= 0.3 is 5.97 Å². The normalized spacial score (nSPS) is 12.8. The van der Waals surface area contributed by atoms with E-state index in [1.54, 1.807) is 0 Å². The van der Waals surface area contributed by atoms with Crippen molar-refractivity contribution in [2.45, 2.75) is 90.6 Å². The predicted octanol–water partition coefficient (Wildman–Crippen LogP) is 7.27. The zero-order valence-electron chi connectivity index (χ0n) is 18.6. The number of unbranched alkanes of at least 4 members (excludes halogenated alkanes) is 8. The molecule has 30 heavy (non-hydrogen) atoms. The van der Waals surface area contributed by atoms with Crippen molar-refractivity contribution in [1.29, 1.82) is 0 Å². The fraction of sp³-hybridized carbons (Fsp3) is 0.577. The number of esters is 1. The maximum absolute atomic E-state index is 11.9. The molecule has 0 atom stereocenters. The van der Waals surface area contributed by atoms with Crippen LogP contribution in [0, 0.1) is 0 Å². The molecule has 0 unspecified atom stereocenters. The SMILES string of the molecule is CCCCC/C=C\C/C=C\CCCCCCCC(=O)OCc1ccc2c(c1)OCO2. The highest BCUT2D eigenvalue weighted by molar-refractivity contribution is 5.69. The molecular formula is C26H38O4. The molecule has 1 aliphatic rings. The number of hydrogen-bond donors (Lipinski definition) is 0. The molecule has 0 radical (unpaired) electrons. The van der Waals surface area contributed by atoms with E-state index < -0.39 is 0 Å². The molecule has 0 aromatic heterocycles. The van der Waals surface area contributed by atoms with Crippen molar-refractivity contribution in [2.24, 2.45) is 0 Å². The van der Waals surface area contributed by atoms with E-state index in [0.29, 0.717) is 6.42 Å². The highest BCUT2D eigenvalue weighted by Gasteiger charge is 2.13.